The Labute approximate surface area is 120 Å². The van der Waals surface area contributed by atoms with Crippen molar-refractivity contribution in [3.05, 3.63) is 29.8 Å². The van der Waals surface area contributed by atoms with Crippen LogP contribution >= 0.6 is 0 Å². The zero-order valence-electron chi connectivity index (χ0n) is 12.3. The van der Waals surface area contributed by atoms with Gasteiger partial charge in [-0.1, -0.05) is 12.1 Å². The average Bonchev–Trinajstić information content (AvgIpc) is 2.48. The maximum Gasteiger partial charge on any atom is 0.163 e. The molecule has 110 valence electrons. The zero-order valence-corrected chi connectivity index (χ0v) is 12.3. The summed E-state index contributed by atoms with van der Waals surface area (Å²) in [5, 5.41) is 0. The van der Waals surface area contributed by atoms with Crippen LogP contribution in [0.1, 0.15) is 30.6 Å². The number of nitrogens with zero attached hydrogens (tertiary/aromatic N) is 1. The van der Waals surface area contributed by atoms with E-state index in [0.717, 1.165) is 32.7 Å². The van der Waals surface area contributed by atoms with Gasteiger partial charge in [0.25, 0.3) is 0 Å². The Morgan fingerprint density at radius 2 is 2.05 bits per heavy atom. The van der Waals surface area contributed by atoms with Gasteiger partial charge >= 0.3 is 0 Å². The Morgan fingerprint density at radius 1 is 1.35 bits per heavy atom. The van der Waals surface area contributed by atoms with Crippen molar-refractivity contribution in [2.24, 2.45) is 0 Å². The Hall–Kier alpha value is -1.39. The first kappa shape index (κ1) is 15.0. The van der Waals surface area contributed by atoms with Crippen molar-refractivity contribution < 1.29 is 14.3 Å². The topological polar surface area (TPSA) is 38.8 Å². The number of benzene rings is 1. The van der Waals surface area contributed by atoms with E-state index in [-0.39, 0.29) is 5.78 Å². The first-order chi connectivity index (χ1) is 9.68. The van der Waals surface area contributed by atoms with Gasteiger partial charge in [0.15, 0.2) is 5.78 Å². The van der Waals surface area contributed by atoms with Gasteiger partial charge in [0, 0.05) is 19.1 Å². The second kappa shape index (κ2) is 7.41. The summed E-state index contributed by atoms with van der Waals surface area (Å²) in [6.07, 6.45) is 0.951. The van der Waals surface area contributed by atoms with Crippen LogP contribution in [0.2, 0.25) is 0 Å². The molecule has 1 aliphatic heterocycles. The van der Waals surface area contributed by atoms with Gasteiger partial charge in [-0.2, -0.15) is 0 Å². The molecule has 0 N–H and O–H groups in total. The molecule has 2 rings (SSSR count). The largest absolute Gasteiger partial charge is 0.493 e. The minimum Gasteiger partial charge on any atom is -0.493 e. The number of ketones is 1. The number of hydrogen-bond acceptors (Lipinski definition) is 4. The molecule has 1 aromatic rings. The van der Waals surface area contributed by atoms with Crippen LogP contribution in [0.25, 0.3) is 0 Å². The van der Waals surface area contributed by atoms with Gasteiger partial charge in [0.1, 0.15) is 5.75 Å². The summed E-state index contributed by atoms with van der Waals surface area (Å²) in [6.45, 7) is 8.03. The van der Waals surface area contributed by atoms with Gasteiger partial charge in [0.2, 0.25) is 0 Å². The van der Waals surface area contributed by atoms with Crippen LogP contribution in [0.3, 0.4) is 0 Å². The van der Waals surface area contributed by atoms with Crippen LogP contribution < -0.4 is 4.74 Å². The molecule has 1 saturated heterocycles. The molecule has 1 unspecified atom stereocenters. The van der Waals surface area contributed by atoms with E-state index in [2.05, 4.69) is 11.8 Å². The molecule has 0 spiro atoms. The Bertz CT molecular complexity index is 441. The van der Waals surface area contributed by atoms with Crippen LogP contribution in [-0.4, -0.2) is 49.6 Å². The molecule has 1 aliphatic rings. The number of carbonyl (C=O) groups excluding carboxylic acids is 1. The van der Waals surface area contributed by atoms with Crippen LogP contribution in [0.4, 0.5) is 0 Å². The Kier molecular flexibility index (Phi) is 5.56. The minimum atomic E-state index is 0.0434. The van der Waals surface area contributed by atoms with Crippen molar-refractivity contribution in [2.75, 3.05) is 32.9 Å². The monoisotopic (exact) mass is 277 g/mol. The highest BCUT2D eigenvalue weighted by Crippen LogP contribution is 2.19. The Morgan fingerprint density at radius 3 is 2.75 bits per heavy atom. The molecule has 4 heteroatoms. The van der Waals surface area contributed by atoms with Gasteiger partial charge < -0.3 is 9.47 Å². The van der Waals surface area contributed by atoms with Crippen molar-refractivity contribution in [2.45, 2.75) is 26.3 Å². The molecule has 0 bridgehead atoms. The van der Waals surface area contributed by atoms with E-state index < -0.39 is 0 Å². The number of morpholine rings is 1. The van der Waals surface area contributed by atoms with Crippen molar-refractivity contribution in [3.8, 4) is 5.75 Å². The van der Waals surface area contributed by atoms with Crippen molar-refractivity contribution >= 4 is 5.78 Å². The van der Waals surface area contributed by atoms with E-state index in [0.29, 0.717) is 24.0 Å². The van der Waals surface area contributed by atoms with Gasteiger partial charge in [-0.3, -0.25) is 9.69 Å². The number of carbonyl (C=O) groups is 1. The van der Waals surface area contributed by atoms with E-state index >= 15 is 0 Å². The fourth-order valence-corrected chi connectivity index (χ4v) is 2.42. The molecule has 0 aliphatic carbocycles. The molecule has 1 aromatic carbocycles. The maximum absolute atomic E-state index is 11.5. The first-order valence-electron chi connectivity index (χ1n) is 7.23. The molecule has 0 aromatic heterocycles. The second-order valence-electron chi connectivity index (χ2n) is 5.19. The molecule has 20 heavy (non-hydrogen) atoms. The molecular formula is C16H23NO3. The molecule has 4 nitrogen and oxygen atoms in total. The van der Waals surface area contributed by atoms with Crippen molar-refractivity contribution in [3.63, 3.8) is 0 Å². The molecule has 0 saturated carbocycles. The predicted octanol–water partition coefficient (Wildman–Crippen LogP) is 2.38. The fraction of sp³-hybridized carbons (Fsp3) is 0.562. The lowest BCUT2D eigenvalue weighted by Gasteiger charge is -2.32. The predicted molar refractivity (Wildman–Crippen MR) is 78.4 cm³/mol. The normalized spacial score (nSPS) is 17.7. The van der Waals surface area contributed by atoms with Crippen LogP contribution in [0, 0.1) is 0 Å². The number of hydrogen-bond donors (Lipinski definition) is 0. The summed E-state index contributed by atoms with van der Waals surface area (Å²) in [5.74, 6) is 0.732. The number of rotatable bonds is 6. The van der Waals surface area contributed by atoms with Crippen LogP contribution in [-0.2, 0) is 4.74 Å². The summed E-state index contributed by atoms with van der Waals surface area (Å²) >= 11 is 0. The lowest BCUT2D eigenvalue weighted by Crippen LogP contribution is -2.42. The van der Waals surface area contributed by atoms with Crippen molar-refractivity contribution in [1.82, 2.24) is 4.90 Å². The molecule has 1 atom stereocenters. The third-order valence-corrected chi connectivity index (χ3v) is 3.73. The molecule has 0 radical (unpaired) electrons. The summed E-state index contributed by atoms with van der Waals surface area (Å²) in [6, 6.07) is 7.90. The zero-order chi connectivity index (χ0) is 14.4. The van der Waals surface area contributed by atoms with E-state index in [1.165, 1.54) is 0 Å². The third-order valence-electron chi connectivity index (χ3n) is 3.73. The second-order valence-corrected chi connectivity index (χ2v) is 5.19. The lowest BCUT2D eigenvalue weighted by molar-refractivity contribution is 0.0161. The summed E-state index contributed by atoms with van der Waals surface area (Å²) in [5.41, 5.74) is 0.659. The summed E-state index contributed by atoms with van der Waals surface area (Å²) < 4.78 is 11.1. The van der Waals surface area contributed by atoms with Crippen LogP contribution in [0.15, 0.2) is 24.3 Å². The average molecular weight is 277 g/mol. The van der Waals surface area contributed by atoms with E-state index in [4.69, 9.17) is 9.47 Å². The molecule has 1 heterocycles. The highest BCUT2D eigenvalue weighted by atomic mass is 16.5. The number of Topliss-reactive ketones (excluding diaryl/α,β-unsaturated/α-hetero) is 1. The summed E-state index contributed by atoms with van der Waals surface area (Å²) in [4.78, 5) is 13.9. The molecule has 0 amide bonds. The quantitative estimate of drug-likeness (QED) is 0.748. The maximum atomic E-state index is 11.5. The van der Waals surface area contributed by atoms with Crippen molar-refractivity contribution in [1.29, 1.82) is 0 Å². The fourth-order valence-electron chi connectivity index (χ4n) is 2.42. The van der Waals surface area contributed by atoms with Crippen LogP contribution in [0.5, 0.6) is 5.75 Å². The van der Waals surface area contributed by atoms with E-state index in [1.807, 2.05) is 24.3 Å². The van der Waals surface area contributed by atoms with E-state index in [1.54, 1.807) is 6.92 Å². The third kappa shape index (κ3) is 4.05. The summed E-state index contributed by atoms with van der Waals surface area (Å²) in [7, 11) is 0. The smallest absolute Gasteiger partial charge is 0.163 e. The first-order valence-corrected chi connectivity index (χ1v) is 7.23. The Balaban J connectivity index is 1.82. The lowest BCUT2D eigenvalue weighted by atomic mass is 10.1. The van der Waals surface area contributed by atoms with Gasteiger partial charge in [-0.25, -0.2) is 0 Å². The standard InChI is InChI=1S/C16H23NO3/c1-13(17-8-11-19-12-9-17)7-10-20-16-6-4-3-5-15(16)14(2)18/h3-6,13H,7-12H2,1-2H3. The SMILES string of the molecule is CC(=O)c1ccccc1OCCC(C)N1CCOCC1. The van der Waals surface area contributed by atoms with Gasteiger partial charge in [-0.15, -0.1) is 0 Å². The highest BCUT2D eigenvalue weighted by Gasteiger charge is 2.17. The minimum absolute atomic E-state index is 0.0434. The number of ether oxygens (including phenoxy) is 2. The molecule has 1 fully saturated rings. The van der Waals surface area contributed by atoms with E-state index in [9.17, 15) is 4.79 Å². The molecular weight excluding hydrogens is 254 g/mol. The van der Waals surface area contributed by atoms with Gasteiger partial charge in [-0.05, 0) is 32.4 Å². The van der Waals surface area contributed by atoms with Gasteiger partial charge in [0.05, 0.1) is 25.4 Å². The number of para-hydroxylation sites is 1. The highest BCUT2D eigenvalue weighted by molar-refractivity contribution is 5.96.